The second-order valence-electron chi connectivity index (χ2n) is 5.88. The number of fused-ring (bicyclic) bond motifs is 2. The van der Waals surface area contributed by atoms with Crippen LogP contribution >= 0.6 is 0 Å². The summed E-state index contributed by atoms with van der Waals surface area (Å²) in [7, 11) is -0.697. The number of amides is 1. The smallest absolute Gasteiger partial charge is 0.407 e. The molecule has 0 spiro atoms. The van der Waals surface area contributed by atoms with Gasteiger partial charge in [-0.05, 0) is 31.2 Å². The molecule has 2 aliphatic heterocycles. The van der Waals surface area contributed by atoms with Gasteiger partial charge in [0.15, 0.2) is 0 Å². The van der Waals surface area contributed by atoms with E-state index in [0.29, 0.717) is 0 Å². The number of benzene rings is 1. The maximum absolute atomic E-state index is 12.1. The van der Waals surface area contributed by atoms with E-state index in [1.165, 1.54) is 6.42 Å². The second-order valence-corrected chi connectivity index (χ2v) is 7.87. The van der Waals surface area contributed by atoms with Crippen molar-refractivity contribution in [1.82, 2.24) is 5.32 Å². The fourth-order valence-electron chi connectivity index (χ4n) is 3.28. The first-order chi connectivity index (χ1) is 10.2. The first-order valence-corrected chi connectivity index (χ1v) is 8.86. The first kappa shape index (κ1) is 14.6. The summed E-state index contributed by atoms with van der Waals surface area (Å²) in [6.45, 7) is 0.290. The van der Waals surface area contributed by atoms with Gasteiger partial charge in [0.1, 0.15) is 6.61 Å². The highest BCUT2D eigenvalue weighted by Crippen LogP contribution is 2.33. The van der Waals surface area contributed by atoms with E-state index < -0.39 is 10.8 Å². The minimum atomic E-state index is -0.697. The molecular weight excluding hydrogens is 286 g/mol. The normalized spacial score (nSPS) is 31.4. The van der Waals surface area contributed by atoms with Crippen LogP contribution in [0.3, 0.4) is 0 Å². The van der Waals surface area contributed by atoms with Gasteiger partial charge < -0.3 is 10.1 Å². The van der Waals surface area contributed by atoms with Crippen LogP contribution in [0.4, 0.5) is 4.79 Å². The Labute approximate surface area is 127 Å². The van der Waals surface area contributed by atoms with Crippen LogP contribution in [0.2, 0.25) is 0 Å². The molecule has 2 atom stereocenters. The van der Waals surface area contributed by atoms with E-state index in [4.69, 9.17) is 4.74 Å². The highest BCUT2D eigenvalue weighted by Gasteiger charge is 2.38. The number of nitrogens with one attached hydrogen (secondary N) is 1. The number of hydrogen-bond acceptors (Lipinski definition) is 3. The molecule has 114 valence electrons. The highest BCUT2D eigenvalue weighted by atomic mass is 32.2. The third-order valence-corrected chi connectivity index (χ3v) is 6.51. The molecule has 21 heavy (non-hydrogen) atoms. The van der Waals surface area contributed by atoms with Gasteiger partial charge >= 0.3 is 6.09 Å². The Hall–Kier alpha value is -1.36. The quantitative estimate of drug-likeness (QED) is 0.934. The van der Waals surface area contributed by atoms with Gasteiger partial charge in [-0.15, -0.1) is 0 Å². The van der Waals surface area contributed by atoms with Gasteiger partial charge in [0.2, 0.25) is 0 Å². The molecule has 2 bridgehead atoms. The summed E-state index contributed by atoms with van der Waals surface area (Å²) in [6.07, 6.45) is 4.51. The summed E-state index contributed by atoms with van der Waals surface area (Å²) in [4.78, 5) is 11.9. The third-order valence-electron chi connectivity index (χ3n) is 4.34. The summed E-state index contributed by atoms with van der Waals surface area (Å²) >= 11 is 0. The molecule has 1 N–H and O–H groups in total. The summed E-state index contributed by atoms with van der Waals surface area (Å²) in [6, 6.07) is 9.76. The van der Waals surface area contributed by atoms with Gasteiger partial charge in [-0.25, -0.2) is 4.79 Å². The molecule has 2 unspecified atom stereocenters. The molecule has 0 saturated carbocycles. The predicted octanol–water partition coefficient (Wildman–Crippen LogP) is 2.75. The predicted molar refractivity (Wildman–Crippen MR) is 82.4 cm³/mol. The number of carbonyl (C=O) groups is 1. The highest BCUT2D eigenvalue weighted by molar-refractivity contribution is 7.86. The molecule has 1 aromatic rings. The molecule has 2 saturated heterocycles. The van der Waals surface area contributed by atoms with Crippen molar-refractivity contribution in [2.24, 2.45) is 0 Å². The van der Waals surface area contributed by atoms with E-state index in [0.717, 1.165) is 31.2 Å². The van der Waals surface area contributed by atoms with Crippen molar-refractivity contribution in [2.75, 3.05) is 0 Å². The molecule has 1 amide bonds. The molecule has 3 rings (SSSR count). The van der Waals surface area contributed by atoms with E-state index in [1.54, 1.807) is 0 Å². The van der Waals surface area contributed by atoms with Gasteiger partial charge in [0, 0.05) is 27.3 Å². The monoisotopic (exact) mass is 307 g/mol. The average Bonchev–Trinajstić information content (AvgIpc) is 2.47. The minimum absolute atomic E-state index is 0.112. The van der Waals surface area contributed by atoms with Crippen molar-refractivity contribution in [3.63, 3.8) is 0 Å². The van der Waals surface area contributed by atoms with Crippen molar-refractivity contribution in [3.05, 3.63) is 35.9 Å². The zero-order valence-corrected chi connectivity index (χ0v) is 12.8. The lowest BCUT2D eigenvalue weighted by atomic mass is 9.95. The maximum atomic E-state index is 12.1. The Balaban J connectivity index is 1.48. The molecule has 2 fully saturated rings. The van der Waals surface area contributed by atoms with Crippen LogP contribution in [-0.2, 0) is 22.1 Å². The zero-order valence-electron chi connectivity index (χ0n) is 12.0. The maximum Gasteiger partial charge on any atom is 0.407 e. The van der Waals surface area contributed by atoms with E-state index in [9.17, 15) is 9.00 Å². The van der Waals surface area contributed by atoms with Crippen LogP contribution in [0.25, 0.3) is 0 Å². The van der Waals surface area contributed by atoms with E-state index in [-0.39, 0.29) is 29.2 Å². The van der Waals surface area contributed by atoms with Gasteiger partial charge in [0.05, 0.1) is 0 Å². The first-order valence-electron chi connectivity index (χ1n) is 7.59. The summed E-state index contributed by atoms with van der Waals surface area (Å²) in [5.74, 6) is 0. The fraction of sp³-hybridized carbons (Fsp3) is 0.562. The van der Waals surface area contributed by atoms with Crippen molar-refractivity contribution in [2.45, 2.75) is 55.3 Å². The van der Waals surface area contributed by atoms with E-state index in [2.05, 4.69) is 5.32 Å². The SMILES string of the molecule is O=C(NC1CC2CCCC(C1)S2=O)OCc1ccccc1. The fourth-order valence-corrected chi connectivity index (χ4v) is 5.47. The molecule has 5 heteroatoms. The van der Waals surface area contributed by atoms with Gasteiger partial charge in [-0.3, -0.25) is 4.21 Å². The lowest BCUT2D eigenvalue weighted by Crippen LogP contribution is -2.48. The summed E-state index contributed by atoms with van der Waals surface area (Å²) in [5, 5.41) is 3.46. The number of alkyl carbamates (subject to hydrolysis) is 1. The van der Waals surface area contributed by atoms with Crippen molar-refractivity contribution in [1.29, 1.82) is 0 Å². The standard InChI is InChI=1S/C16H21NO3S/c18-16(20-11-12-5-2-1-3-6-12)17-13-9-14-7-4-8-15(10-13)21(14)19/h1-3,5-6,13-15H,4,7-11H2,(H,17,18). The summed E-state index contributed by atoms with van der Waals surface area (Å²) < 4.78 is 17.4. The molecule has 2 heterocycles. The number of hydrogen-bond donors (Lipinski definition) is 1. The van der Waals surface area contributed by atoms with E-state index in [1.807, 2.05) is 30.3 Å². The Morgan fingerprint density at radius 2 is 1.86 bits per heavy atom. The lowest BCUT2D eigenvalue weighted by Gasteiger charge is -2.38. The van der Waals surface area contributed by atoms with Crippen LogP contribution in [0.15, 0.2) is 30.3 Å². The molecule has 4 nitrogen and oxygen atoms in total. The van der Waals surface area contributed by atoms with Crippen molar-refractivity contribution >= 4 is 16.9 Å². The van der Waals surface area contributed by atoms with Gasteiger partial charge in [-0.1, -0.05) is 36.8 Å². The lowest BCUT2D eigenvalue weighted by molar-refractivity contribution is 0.133. The molecular formula is C16H21NO3S. The van der Waals surface area contributed by atoms with Crippen LogP contribution in [0, 0.1) is 0 Å². The molecule has 0 aliphatic carbocycles. The molecule has 0 aromatic heterocycles. The third kappa shape index (κ3) is 3.64. The van der Waals surface area contributed by atoms with Gasteiger partial charge in [-0.2, -0.15) is 0 Å². The van der Waals surface area contributed by atoms with Crippen molar-refractivity contribution < 1.29 is 13.7 Å². The van der Waals surface area contributed by atoms with E-state index >= 15 is 0 Å². The average molecular weight is 307 g/mol. The minimum Gasteiger partial charge on any atom is -0.445 e. The van der Waals surface area contributed by atoms with Crippen LogP contribution in [0.1, 0.15) is 37.7 Å². The number of rotatable bonds is 3. The Morgan fingerprint density at radius 3 is 2.52 bits per heavy atom. The largest absolute Gasteiger partial charge is 0.445 e. The van der Waals surface area contributed by atoms with Crippen molar-refractivity contribution in [3.8, 4) is 0 Å². The molecule has 0 radical (unpaired) electrons. The second kappa shape index (κ2) is 6.60. The summed E-state index contributed by atoms with van der Waals surface area (Å²) in [5.41, 5.74) is 0.981. The number of ether oxygens (including phenoxy) is 1. The van der Waals surface area contributed by atoms with Crippen LogP contribution < -0.4 is 5.32 Å². The van der Waals surface area contributed by atoms with Crippen LogP contribution in [0.5, 0.6) is 0 Å². The number of carbonyl (C=O) groups excluding carboxylic acids is 1. The Kier molecular flexibility index (Phi) is 4.58. The molecule has 2 aliphatic rings. The topological polar surface area (TPSA) is 55.4 Å². The Bertz CT molecular complexity index is 504. The van der Waals surface area contributed by atoms with Gasteiger partial charge in [0.25, 0.3) is 0 Å². The zero-order chi connectivity index (χ0) is 14.7. The molecule has 1 aromatic carbocycles. The van der Waals surface area contributed by atoms with Crippen LogP contribution in [-0.4, -0.2) is 26.8 Å². The Morgan fingerprint density at radius 1 is 1.19 bits per heavy atom.